The van der Waals surface area contributed by atoms with Gasteiger partial charge in [0.1, 0.15) is 0 Å². The molecule has 122 valence electrons. The lowest BCUT2D eigenvalue weighted by Gasteiger charge is -2.02. The van der Waals surface area contributed by atoms with Gasteiger partial charge >= 0.3 is 0 Å². The predicted molar refractivity (Wildman–Crippen MR) is 85.7 cm³/mol. The Morgan fingerprint density at radius 2 is 2.04 bits per heavy atom. The molecule has 0 bridgehead atoms. The van der Waals surface area contributed by atoms with E-state index in [1.807, 2.05) is 0 Å². The van der Waals surface area contributed by atoms with Crippen molar-refractivity contribution in [1.82, 2.24) is 5.43 Å². The van der Waals surface area contributed by atoms with Gasteiger partial charge in [0.25, 0.3) is 11.6 Å². The summed E-state index contributed by atoms with van der Waals surface area (Å²) in [5, 5.41) is 14.4. The number of benzene rings is 2. The van der Waals surface area contributed by atoms with Gasteiger partial charge in [-0.3, -0.25) is 14.9 Å². The summed E-state index contributed by atoms with van der Waals surface area (Å²) in [6.45, 7) is 0.172. The first kappa shape index (κ1) is 15.8. The average Bonchev–Trinajstić information content (AvgIpc) is 3.02. The van der Waals surface area contributed by atoms with Crippen LogP contribution in [0.3, 0.4) is 0 Å². The molecular formula is C15H10ClN3O5. The number of amides is 1. The molecule has 1 amide bonds. The fourth-order valence-electron chi connectivity index (χ4n) is 2.02. The van der Waals surface area contributed by atoms with Crippen molar-refractivity contribution >= 4 is 29.4 Å². The number of nitro groups is 1. The molecule has 24 heavy (non-hydrogen) atoms. The summed E-state index contributed by atoms with van der Waals surface area (Å²) in [5.41, 5.74) is 2.91. The lowest BCUT2D eigenvalue weighted by atomic mass is 10.2. The Bertz CT molecular complexity index is 853. The molecule has 0 spiro atoms. The second-order valence-corrected chi connectivity index (χ2v) is 5.14. The number of hydrogen-bond donors (Lipinski definition) is 1. The van der Waals surface area contributed by atoms with E-state index in [1.165, 1.54) is 18.3 Å². The van der Waals surface area contributed by atoms with Gasteiger partial charge in [-0.2, -0.15) is 5.10 Å². The second kappa shape index (κ2) is 6.55. The van der Waals surface area contributed by atoms with Crippen molar-refractivity contribution in [3.05, 3.63) is 62.7 Å². The highest BCUT2D eigenvalue weighted by molar-refractivity contribution is 6.34. The summed E-state index contributed by atoms with van der Waals surface area (Å²) in [4.78, 5) is 22.1. The van der Waals surface area contributed by atoms with Crippen molar-refractivity contribution in [3.63, 3.8) is 0 Å². The number of hydrogen-bond acceptors (Lipinski definition) is 6. The number of halogens is 1. The van der Waals surface area contributed by atoms with Crippen molar-refractivity contribution in [1.29, 1.82) is 0 Å². The van der Waals surface area contributed by atoms with Crippen LogP contribution in [0.2, 0.25) is 5.02 Å². The molecule has 2 aromatic carbocycles. The van der Waals surface area contributed by atoms with Crippen LogP contribution < -0.4 is 14.9 Å². The Morgan fingerprint density at radius 3 is 2.79 bits per heavy atom. The van der Waals surface area contributed by atoms with Crippen molar-refractivity contribution in [3.8, 4) is 11.5 Å². The highest BCUT2D eigenvalue weighted by Crippen LogP contribution is 2.32. The van der Waals surface area contributed by atoms with E-state index < -0.39 is 10.8 Å². The highest BCUT2D eigenvalue weighted by Gasteiger charge is 2.15. The molecule has 0 saturated heterocycles. The van der Waals surface area contributed by atoms with E-state index in [0.29, 0.717) is 17.1 Å². The van der Waals surface area contributed by atoms with E-state index in [0.717, 1.165) is 6.07 Å². The third kappa shape index (κ3) is 3.28. The molecule has 1 aliphatic rings. The van der Waals surface area contributed by atoms with E-state index in [2.05, 4.69) is 10.5 Å². The average molecular weight is 348 g/mol. The SMILES string of the molecule is O=C(N/N=C/c1ccc2c(c1)OCO2)c1ccc([N+](=O)[O-])cc1Cl. The van der Waals surface area contributed by atoms with Crippen LogP contribution in [-0.2, 0) is 0 Å². The smallest absolute Gasteiger partial charge is 0.272 e. The molecule has 0 radical (unpaired) electrons. The summed E-state index contributed by atoms with van der Waals surface area (Å²) < 4.78 is 10.4. The first-order valence-electron chi connectivity index (χ1n) is 6.71. The van der Waals surface area contributed by atoms with Gasteiger partial charge in [0, 0.05) is 12.1 Å². The molecule has 0 unspecified atom stereocenters. The predicted octanol–water partition coefficient (Wildman–Crippen LogP) is 2.74. The first-order valence-corrected chi connectivity index (χ1v) is 7.09. The van der Waals surface area contributed by atoms with Crippen molar-refractivity contribution in [2.45, 2.75) is 0 Å². The maximum Gasteiger partial charge on any atom is 0.272 e. The minimum absolute atomic E-state index is 0.0278. The largest absolute Gasteiger partial charge is 0.454 e. The molecule has 0 fully saturated rings. The van der Waals surface area contributed by atoms with Crippen molar-refractivity contribution in [2.75, 3.05) is 6.79 Å². The van der Waals surface area contributed by atoms with Crippen LogP contribution >= 0.6 is 11.6 Å². The topological polar surface area (TPSA) is 103 Å². The van der Waals surface area contributed by atoms with Crippen LogP contribution in [0.25, 0.3) is 0 Å². The maximum atomic E-state index is 12.0. The maximum absolute atomic E-state index is 12.0. The van der Waals surface area contributed by atoms with E-state index in [1.54, 1.807) is 18.2 Å². The normalized spacial score (nSPS) is 12.4. The van der Waals surface area contributed by atoms with Crippen LogP contribution in [0.5, 0.6) is 11.5 Å². The summed E-state index contributed by atoms with van der Waals surface area (Å²) in [6, 6.07) is 8.78. The minimum atomic E-state index is -0.592. The highest BCUT2D eigenvalue weighted by atomic mass is 35.5. The molecule has 8 nitrogen and oxygen atoms in total. The van der Waals surface area contributed by atoms with E-state index in [9.17, 15) is 14.9 Å². The van der Waals surface area contributed by atoms with Crippen LogP contribution in [0, 0.1) is 10.1 Å². The van der Waals surface area contributed by atoms with Crippen molar-refractivity contribution < 1.29 is 19.2 Å². The fraction of sp³-hybridized carbons (Fsp3) is 0.0667. The van der Waals surface area contributed by atoms with Gasteiger partial charge in [-0.1, -0.05) is 11.6 Å². The zero-order valence-electron chi connectivity index (χ0n) is 12.1. The molecule has 3 rings (SSSR count). The van der Waals surface area contributed by atoms with E-state index in [-0.39, 0.29) is 23.1 Å². The van der Waals surface area contributed by atoms with Crippen LogP contribution in [0.1, 0.15) is 15.9 Å². The monoisotopic (exact) mass is 347 g/mol. The number of hydrazone groups is 1. The number of non-ortho nitro benzene ring substituents is 1. The van der Waals surface area contributed by atoms with Gasteiger partial charge in [0.2, 0.25) is 6.79 Å². The summed E-state index contributed by atoms with van der Waals surface area (Å²) in [5.74, 6) is 0.671. The zero-order chi connectivity index (χ0) is 17.1. The van der Waals surface area contributed by atoms with Gasteiger partial charge in [0.15, 0.2) is 11.5 Å². The number of nitrogens with one attached hydrogen (secondary N) is 1. The standard InChI is InChI=1S/C15H10ClN3O5/c16-12-6-10(19(21)22)2-3-11(12)15(20)18-17-7-9-1-4-13-14(5-9)24-8-23-13/h1-7H,8H2,(H,18,20)/b17-7+. The lowest BCUT2D eigenvalue weighted by Crippen LogP contribution is -2.18. The molecule has 1 N–H and O–H groups in total. The third-order valence-electron chi connectivity index (χ3n) is 3.18. The number of nitrogens with zero attached hydrogens (tertiary/aromatic N) is 2. The zero-order valence-corrected chi connectivity index (χ0v) is 12.8. The van der Waals surface area contributed by atoms with Gasteiger partial charge in [-0.15, -0.1) is 0 Å². The minimum Gasteiger partial charge on any atom is -0.454 e. The number of carbonyl (C=O) groups is 1. The Kier molecular flexibility index (Phi) is 4.30. The molecular weight excluding hydrogens is 338 g/mol. The number of carbonyl (C=O) groups excluding carboxylic acids is 1. The molecule has 0 saturated carbocycles. The van der Waals surface area contributed by atoms with Crippen LogP contribution in [-0.4, -0.2) is 23.8 Å². The van der Waals surface area contributed by atoms with Gasteiger partial charge in [0.05, 0.1) is 21.7 Å². The van der Waals surface area contributed by atoms with Gasteiger partial charge in [-0.05, 0) is 29.8 Å². The molecule has 0 aliphatic carbocycles. The molecule has 2 aromatic rings. The molecule has 0 atom stereocenters. The molecule has 9 heteroatoms. The summed E-state index contributed by atoms with van der Waals surface area (Å²) in [6.07, 6.45) is 1.43. The first-order chi connectivity index (χ1) is 11.5. The lowest BCUT2D eigenvalue weighted by molar-refractivity contribution is -0.384. The Hall–Kier alpha value is -3.13. The molecule has 0 aromatic heterocycles. The summed E-state index contributed by atoms with van der Waals surface area (Å²) >= 11 is 5.88. The Labute approximate surface area is 140 Å². The molecule has 1 heterocycles. The number of rotatable bonds is 4. The molecule has 1 aliphatic heterocycles. The fourth-order valence-corrected chi connectivity index (χ4v) is 2.28. The number of ether oxygens (including phenoxy) is 2. The number of nitro benzene ring substituents is 1. The van der Waals surface area contributed by atoms with Crippen LogP contribution in [0.4, 0.5) is 5.69 Å². The van der Waals surface area contributed by atoms with Crippen molar-refractivity contribution in [2.24, 2.45) is 5.10 Å². The van der Waals surface area contributed by atoms with Gasteiger partial charge < -0.3 is 9.47 Å². The quantitative estimate of drug-likeness (QED) is 0.520. The van der Waals surface area contributed by atoms with Crippen LogP contribution in [0.15, 0.2) is 41.5 Å². The second-order valence-electron chi connectivity index (χ2n) is 4.73. The van der Waals surface area contributed by atoms with E-state index >= 15 is 0 Å². The van der Waals surface area contributed by atoms with Gasteiger partial charge in [-0.25, -0.2) is 5.43 Å². The summed E-state index contributed by atoms with van der Waals surface area (Å²) in [7, 11) is 0. The third-order valence-corrected chi connectivity index (χ3v) is 3.50. The Balaban J connectivity index is 1.68. The van der Waals surface area contributed by atoms with E-state index in [4.69, 9.17) is 21.1 Å². The number of fused-ring (bicyclic) bond motifs is 1. The Morgan fingerprint density at radius 1 is 1.25 bits per heavy atom.